The maximum Gasteiger partial charge on any atom is 0.330 e. The first kappa shape index (κ1) is 12.2. The number of carboxylic acid groups (broad SMARTS) is 1. The van der Waals surface area contributed by atoms with Crippen molar-refractivity contribution in [3.05, 3.63) is 12.2 Å². The summed E-state index contributed by atoms with van der Waals surface area (Å²) >= 11 is 0. The Bertz CT molecular complexity index is 166. The first-order valence-corrected chi connectivity index (χ1v) is 4.79. The fourth-order valence-electron chi connectivity index (χ4n) is 1.12. The van der Waals surface area contributed by atoms with Crippen LogP contribution in [0.25, 0.3) is 0 Å². The predicted octanol–water partition coefficient (Wildman–Crippen LogP) is 1.93. The van der Waals surface area contributed by atoms with E-state index in [1.54, 1.807) is 0 Å². The van der Waals surface area contributed by atoms with Gasteiger partial charge >= 0.3 is 5.97 Å². The minimum absolute atomic E-state index is 0.318. The summed E-state index contributed by atoms with van der Waals surface area (Å²) in [6.45, 7) is 4.22. The number of hydrogen-bond donors (Lipinski definition) is 2. The van der Waals surface area contributed by atoms with Gasteiger partial charge in [0.25, 0.3) is 0 Å². The van der Waals surface area contributed by atoms with Crippen molar-refractivity contribution in [3.63, 3.8) is 0 Å². The van der Waals surface area contributed by atoms with Gasteiger partial charge in [0.05, 0.1) is 0 Å². The SMILES string of the molecule is C=C(CCCCCCCN)C(=O)O. The van der Waals surface area contributed by atoms with E-state index in [4.69, 9.17) is 10.8 Å². The summed E-state index contributed by atoms with van der Waals surface area (Å²) in [5.41, 5.74) is 5.66. The van der Waals surface area contributed by atoms with Gasteiger partial charge in [0.1, 0.15) is 0 Å². The highest BCUT2D eigenvalue weighted by molar-refractivity contribution is 5.85. The fraction of sp³-hybridized carbons (Fsp3) is 0.700. The number of carboxylic acids is 1. The summed E-state index contributed by atoms with van der Waals surface area (Å²) in [5.74, 6) is -0.873. The van der Waals surface area contributed by atoms with Crippen molar-refractivity contribution < 1.29 is 9.90 Å². The van der Waals surface area contributed by atoms with Crippen LogP contribution >= 0.6 is 0 Å². The van der Waals surface area contributed by atoms with Crippen molar-refractivity contribution in [3.8, 4) is 0 Å². The maximum absolute atomic E-state index is 10.3. The first-order chi connectivity index (χ1) is 6.18. The Hall–Kier alpha value is -0.830. The summed E-state index contributed by atoms with van der Waals surface area (Å²) in [6, 6.07) is 0. The smallest absolute Gasteiger partial charge is 0.330 e. The van der Waals surface area contributed by atoms with Crippen LogP contribution in [0.3, 0.4) is 0 Å². The van der Waals surface area contributed by atoms with Gasteiger partial charge in [-0.1, -0.05) is 25.8 Å². The molecule has 0 saturated carbocycles. The Kier molecular flexibility index (Phi) is 7.30. The van der Waals surface area contributed by atoms with Crippen molar-refractivity contribution in [2.45, 2.75) is 38.5 Å². The van der Waals surface area contributed by atoms with Gasteiger partial charge < -0.3 is 10.8 Å². The third-order valence-corrected chi connectivity index (χ3v) is 1.99. The number of carbonyl (C=O) groups is 1. The predicted molar refractivity (Wildman–Crippen MR) is 53.5 cm³/mol. The van der Waals surface area contributed by atoms with Crippen LogP contribution < -0.4 is 5.73 Å². The van der Waals surface area contributed by atoms with Crippen LogP contribution in [0, 0.1) is 0 Å². The van der Waals surface area contributed by atoms with Crippen molar-refractivity contribution in [2.24, 2.45) is 5.73 Å². The molecular formula is C10H19NO2. The van der Waals surface area contributed by atoms with Crippen LogP contribution in [0.2, 0.25) is 0 Å². The van der Waals surface area contributed by atoms with Gasteiger partial charge in [-0.05, 0) is 25.8 Å². The highest BCUT2D eigenvalue weighted by Gasteiger charge is 2.02. The van der Waals surface area contributed by atoms with Gasteiger partial charge in [0.15, 0.2) is 0 Å². The molecule has 0 atom stereocenters. The second-order valence-corrected chi connectivity index (χ2v) is 3.22. The largest absolute Gasteiger partial charge is 0.478 e. The number of nitrogens with two attached hydrogens (primary N) is 1. The Morgan fingerprint density at radius 3 is 2.23 bits per heavy atom. The van der Waals surface area contributed by atoms with Crippen LogP contribution in [0.4, 0.5) is 0 Å². The molecule has 76 valence electrons. The second-order valence-electron chi connectivity index (χ2n) is 3.22. The minimum Gasteiger partial charge on any atom is -0.478 e. The van der Waals surface area contributed by atoms with Crippen LogP contribution in [-0.2, 0) is 4.79 Å². The molecule has 0 aromatic heterocycles. The number of hydrogen-bond acceptors (Lipinski definition) is 2. The lowest BCUT2D eigenvalue weighted by Gasteiger charge is -2.00. The van der Waals surface area contributed by atoms with E-state index in [-0.39, 0.29) is 0 Å². The summed E-state index contributed by atoms with van der Waals surface area (Å²) in [5, 5.41) is 8.51. The lowest BCUT2D eigenvalue weighted by Crippen LogP contribution is -1.99. The van der Waals surface area contributed by atoms with Gasteiger partial charge in [-0.15, -0.1) is 0 Å². The Morgan fingerprint density at radius 2 is 1.69 bits per heavy atom. The van der Waals surface area contributed by atoms with E-state index in [0.29, 0.717) is 12.0 Å². The van der Waals surface area contributed by atoms with Crippen molar-refractivity contribution in [1.82, 2.24) is 0 Å². The van der Waals surface area contributed by atoms with Crippen molar-refractivity contribution >= 4 is 5.97 Å². The van der Waals surface area contributed by atoms with E-state index in [9.17, 15) is 4.79 Å². The molecule has 13 heavy (non-hydrogen) atoms. The molecule has 3 N–H and O–H groups in total. The Morgan fingerprint density at radius 1 is 1.15 bits per heavy atom. The lowest BCUT2D eigenvalue weighted by atomic mass is 10.1. The molecule has 0 aromatic rings. The maximum atomic E-state index is 10.3. The molecular weight excluding hydrogens is 166 g/mol. The Balaban J connectivity index is 3.16. The molecule has 3 nitrogen and oxygen atoms in total. The van der Waals surface area contributed by atoms with Gasteiger partial charge in [0, 0.05) is 5.57 Å². The molecule has 0 amide bonds. The number of aliphatic carboxylic acids is 1. The molecule has 0 bridgehead atoms. The minimum atomic E-state index is -0.873. The molecule has 0 aliphatic rings. The zero-order valence-electron chi connectivity index (χ0n) is 8.09. The van der Waals surface area contributed by atoms with E-state index in [2.05, 4.69) is 6.58 Å². The van der Waals surface area contributed by atoms with E-state index < -0.39 is 5.97 Å². The molecule has 0 aliphatic heterocycles. The average Bonchev–Trinajstić information content (AvgIpc) is 2.10. The van der Waals surface area contributed by atoms with Crippen LogP contribution in [-0.4, -0.2) is 17.6 Å². The molecule has 0 radical (unpaired) electrons. The highest BCUT2D eigenvalue weighted by atomic mass is 16.4. The molecule has 0 saturated heterocycles. The average molecular weight is 185 g/mol. The third kappa shape index (κ3) is 7.53. The molecule has 0 unspecified atom stereocenters. The van der Waals surface area contributed by atoms with Crippen molar-refractivity contribution in [1.29, 1.82) is 0 Å². The van der Waals surface area contributed by atoms with Crippen LogP contribution in [0.1, 0.15) is 38.5 Å². The molecule has 0 aromatic carbocycles. The summed E-state index contributed by atoms with van der Waals surface area (Å²) in [7, 11) is 0. The van der Waals surface area contributed by atoms with Gasteiger partial charge in [-0.3, -0.25) is 0 Å². The monoisotopic (exact) mass is 185 g/mol. The standard InChI is InChI=1S/C10H19NO2/c1-9(10(12)13)7-5-3-2-4-6-8-11/h1-8,11H2,(H,12,13). The lowest BCUT2D eigenvalue weighted by molar-refractivity contribution is -0.132. The molecule has 0 spiro atoms. The zero-order chi connectivity index (χ0) is 10.1. The topological polar surface area (TPSA) is 63.3 Å². The molecule has 0 aliphatic carbocycles. The van der Waals surface area contributed by atoms with Crippen LogP contribution in [0.15, 0.2) is 12.2 Å². The van der Waals surface area contributed by atoms with Gasteiger partial charge in [-0.2, -0.15) is 0 Å². The quantitative estimate of drug-likeness (QED) is 0.448. The normalized spacial score (nSPS) is 9.92. The summed E-state index contributed by atoms with van der Waals surface area (Å²) in [4.78, 5) is 10.3. The van der Waals surface area contributed by atoms with E-state index in [1.165, 1.54) is 0 Å². The van der Waals surface area contributed by atoms with Gasteiger partial charge in [0.2, 0.25) is 0 Å². The molecule has 0 rings (SSSR count). The second kappa shape index (κ2) is 7.80. The highest BCUT2D eigenvalue weighted by Crippen LogP contribution is 2.09. The Labute approximate surface area is 79.6 Å². The molecule has 0 fully saturated rings. The number of rotatable bonds is 8. The van der Waals surface area contributed by atoms with E-state index >= 15 is 0 Å². The van der Waals surface area contributed by atoms with E-state index in [0.717, 1.165) is 38.6 Å². The third-order valence-electron chi connectivity index (χ3n) is 1.99. The fourth-order valence-corrected chi connectivity index (χ4v) is 1.12. The summed E-state index contributed by atoms with van der Waals surface area (Å²) in [6.07, 6.45) is 5.97. The van der Waals surface area contributed by atoms with Gasteiger partial charge in [-0.25, -0.2) is 4.79 Å². The molecule has 0 heterocycles. The van der Waals surface area contributed by atoms with Crippen LogP contribution in [0.5, 0.6) is 0 Å². The van der Waals surface area contributed by atoms with Crippen molar-refractivity contribution in [2.75, 3.05) is 6.54 Å². The summed E-state index contributed by atoms with van der Waals surface area (Å²) < 4.78 is 0. The number of unbranched alkanes of at least 4 members (excludes halogenated alkanes) is 4. The first-order valence-electron chi connectivity index (χ1n) is 4.79. The molecule has 3 heteroatoms. The zero-order valence-corrected chi connectivity index (χ0v) is 8.09. The van der Waals surface area contributed by atoms with E-state index in [1.807, 2.05) is 0 Å².